The number of aryl methyl sites for hydroxylation is 2. The smallest absolute Gasteiger partial charge is 0.367 e. The first-order valence-electron chi connectivity index (χ1n) is 13.3. The van der Waals surface area contributed by atoms with Gasteiger partial charge >= 0.3 is 6.18 Å². The first-order chi connectivity index (χ1) is 17.6. The van der Waals surface area contributed by atoms with Gasteiger partial charge in [-0.25, -0.2) is 15.0 Å². The van der Waals surface area contributed by atoms with E-state index in [1.165, 1.54) is 0 Å². The van der Waals surface area contributed by atoms with Crippen molar-refractivity contribution >= 4 is 16.9 Å². The number of hydrogen-bond acceptors (Lipinski definition) is 6. The van der Waals surface area contributed by atoms with Crippen LogP contribution in [0.4, 0.5) is 19.0 Å². The van der Waals surface area contributed by atoms with Gasteiger partial charge in [0.25, 0.3) is 0 Å². The Morgan fingerprint density at radius 2 is 1.78 bits per heavy atom. The molecule has 196 valence electrons. The fourth-order valence-electron chi connectivity index (χ4n) is 6.69. The van der Waals surface area contributed by atoms with Crippen LogP contribution in [-0.2, 0) is 4.74 Å². The fraction of sp³-hybridized carbons (Fsp3) is 0.630. The second-order valence-corrected chi connectivity index (χ2v) is 11.7. The Bertz CT molecular complexity index is 1380. The van der Waals surface area contributed by atoms with Gasteiger partial charge in [-0.2, -0.15) is 18.3 Å². The molecule has 8 rings (SSSR count). The molecule has 7 nitrogen and oxygen atoms in total. The van der Waals surface area contributed by atoms with Gasteiger partial charge in [-0.1, -0.05) is 0 Å². The Kier molecular flexibility index (Phi) is 4.98. The second kappa shape index (κ2) is 7.88. The van der Waals surface area contributed by atoms with E-state index in [1.54, 1.807) is 0 Å². The number of morpholine rings is 1. The zero-order chi connectivity index (χ0) is 25.7. The predicted molar refractivity (Wildman–Crippen MR) is 131 cm³/mol. The second-order valence-electron chi connectivity index (χ2n) is 11.7. The molecular formula is C27H31F3N6O. The number of pyridine rings is 1. The van der Waals surface area contributed by atoms with Crippen LogP contribution in [0.3, 0.4) is 0 Å². The van der Waals surface area contributed by atoms with Crippen LogP contribution in [0.15, 0.2) is 18.5 Å². The largest absolute Gasteiger partial charge is 0.394 e. The highest BCUT2D eigenvalue weighted by atomic mass is 19.4. The van der Waals surface area contributed by atoms with Crippen molar-refractivity contribution in [3.05, 3.63) is 41.1 Å². The Morgan fingerprint density at radius 1 is 1.03 bits per heavy atom. The number of ether oxygens (including phenoxy) is 1. The average Bonchev–Trinajstić information content (AvgIpc) is 3.25. The van der Waals surface area contributed by atoms with Crippen LogP contribution in [-0.4, -0.2) is 50.1 Å². The van der Waals surface area contributed by atoms with Crippen LogP contribution in [0.25, 0.3) is 11.0 Å². The molecule has 10 heteroatoms. The molecule has 1 aliphatic heterocycles. The summed E-state index contributed by atoms with van der Waals surface area (Å²) in [5.41, 5.74) is 3.09. The van der Waals surface area contributed by atoms with Crippen molar-refractivity contribution in [2.24, 2.45) is 11.3 Å². The van der Waals surface area contributed by atoms with E-state index in [0.717, 1.165) is 35.6 Å². The summed E-state index contributed by atoms with van der Waals surface area (Å²) in [6.07, 6.45) is 2.39. The lowest BCUT2D eigenvalue weighted by atomic mass is 9.68. The summed E-state index contributed by atoms with van der Waals surface area (Å²) in [5, 5.41) is 4.53. The van der Waals surface area contributed by atoms with Crippen LogP contribution in [0.5, 0.6) is 0 Å². The minimum atomic E-state index is -4.18. The Morgan fingerprint density at radius 3 is 2.49 bits per heavy atom. The molecule has 5 fully saturated rings. The molecule has 5 aliphatic rings. The summed E-state index contributed by atoms with van der Waals surface area (Å²) in [7, 11) is 0. The number of fused-ring (bicyclic) bond motifs is 2. The van der Waals surface area contributed by atoms with E-state index < -0.39 is 11.6 Å². The average molecular weight is 513 g/mol. The van der Waals surface area contributed by atoms with E-state index in [9.17, 15) is 13.2 Å². The highest BCUT2D eigenvalue weighted by Crippen LogP contribution is 2.70. The Labute approximate surface area is 213 Å². The molecule has 0 amide bonds. The summed E-state index contributed by atoms with van der Waals surface area (Å²) in [5.74, 6) is 0.465. The van der Waals surface area contributed by atoms with Crippen LogP contribution in [0, 0.1) is 25.2 Å². The van der Waals surface area contributed by atoms with Crippen LogP contribution in [0.1, 0.15) is 79.7 Å². The van der Waals surface area contributed by atoms with Gasteiger partial charge in [0.1, 0.15) is 17.4 Å². The van der Waals surface area contributed by atoms with Gasteiger partial charge in [-0.05, 0) is 58.8 Å². The maximum Gasteiger partial charge on any atom is 0.394 e. The molecule has 3 atom stereocenters. The molecule has 0 aromatic carbocycles. The zero-order valence-electron chi connectivity index (χ0n) is 21.3. The van der Waals surface area contributed by atoms with Gasteiger partial charge in [-0.3, -0.25) is 4.68 Å². The quantitative estimate of drug-likeness (QED) is 0.454. The molecule has 4 heterocycles. The van der Waals surface area contributed by atoms with Gasteiger partial charge in [0.2, 0.25) is 0 Å². The zero-order valence-corrected chi connectivity index (χ0v) is 21.3. The fourth-order valence-corrected chi connectivity index (χ4v) is 6.69. The molecule has 0 spiro atoms. The van der Waals surface area contributed by atoms with E-state index in [-0.39, 0.29) is 43.3 Å². The monoisotopic (exact) mass is 512 g/mol. The van der Waals surface area contributed by atoms with Crippen molar-refractivity contribution in [2.45, 2.75) is 83.2 Å². The van der Waals surface area contributed by atoms with Crippen molar-refractivity contribution in [3.8, 4) is 0 Å². The maximum atomic E-state index is 13.9. The number of hydrogen-bond donors (Lipinski definition) is 0. The molecule has 2 bridgehead atoms. The summed E-state index contributed by atoms with van der Waals surface area (Å²) in [6, 6.07) is 2.44. The lowest BCUT2D eigenvalue weighted by Crippen LogP contribution is -2.43. The standard InChI is InChI=1S/C27H31F3N6O/c1-14-11-35(13-22(37-14)18-10-31-36(12-18)19-4-5-19)23-6-21-25(33-16(3)15(2)32-21)24(34-23)20-9-26(27(28,29)30)7-17(20)8-26/h6,10,12,14,17,19-20,22H,4-5,7-9,11,13H2,1-3H3/t14-,17?,20?,22-,26?/m1/s1. The molecule has 3 aromatic rings. The Balaban J connectivity index is 1.26. The van der Waals surface area contributed by atoms with Crippen LogP contribution in [0.2, 0.25) is 0 Å². The van der Waals surface area contributed by atoms with Crippen molar-refractivity contribution in [1.82, 2.24) is 24.7 Å². The summed E-state index contributed by atoms with van der Waals surface area (Å²) in [4.78, 5) is 16.8. The lowest BCUT2D eigenvalue weighted by molar-refractivity contribution is -0.244. The molecule has 1 unspecified atom stereocenters. The molecule has 0 N–H and O–H groups in total. The first-order valence-corrected chi connectivity index (χ1v) is 13.3. The molecule has 3 aromatic heterocycles. The number of anilines is 1. The van der Waals surface area contributed by atoms with E-state index in [1.807, 2.05) is 37.7 Å². The van der Waals surface area contributed by atoms with Crippen molar-refractivity contribution in [2.75, 3.05) is 18.0 Å². The highest BCUT2D eigenvalue weighted by molar-refractivity contribution is 5.81. The number of aromatic nitrogens is 5. The maximum absolute atomic E-state index is 13.9. The SMILES string of the molecule is Cc1nc2cc(N3C[C@@H](C)O[C@@H](c4cnn(C5CC5)c4)C3)nc(C3CC4(C(F)(F)F)CC3C4)c2nc1C. The van der Waals surface area contributed by atoms with Gasteiger partial charge < -0.3 is 9.64 Å². The van der Waals surface area contributed by atoms with Crippen LogP contribution < -0.4 is 4.90 Å². The summed E-state index contributed by atoms with van der Waals surface area (Å²) in [6.45, 7) is 7.08. The van der Waals surface area contributed by atoms with Gasteiger partial charge in [-0.15, -0.1) is 0 Å². The topological polar surface area (TPSA) is 69.0 Å². The summed E-state index contributed by atoms with van der Waals surface area (Å²) >= 11 is 0. The first kappa shape index (κ1) is 23.4. The summed E-state index contributed by atoms with van der Waals surface area (Å²) < 4.78 is 50.0. The number of rotatable bonds is 4. The molecular weight excluding hydrogens is 481 g/mol. The van der Waals surface area contributed by atoms with E-state index in [4.69, 9.17) is 19.7 Å². The molecule has 4 aliphatic carbocycles. The van der Waals surface area contributed by atoms with Crippen molar-refractivity contribution < 1.29 is 17.9 Å². The van der Waals surface area contributed by atoms with Crippen molar-refractivity contribution in [3.63, 3.8) is 0 Å². The van der Waals surface area contributed by atoms with Crippen LogP contribution >= 0.6 is 0 Å². The number of alkyl halides is 3. The minimum absolute atomic E-state index is 0.0133. The molecule has 37 heavy (non-hydrogen) atoms. The van der Waals surface area contributed by atoms with Gasteiger partial charge in [0.15, 0.2) is 0 Å². The normalized spacial score (nSPS) is 31.7. The highest BCUT2D eigenvalue weighted by Gasteiger charge is 2.69. The van der Waals surface area contributed by atoms with E-state index >= 15 is 0 Å². The molecule has 4 saturated carbocycles. The third kappa shape index (κ3) is 3.73. The van der Waals surface area contributed by atoms with Gasteiger partial charge in [0.05, 0.1) is 52.9 Å². The van der Waals surface area contributed by atoms with Crippen molar-refractivity contribution in [1.29, 1.82) is 0 Å². The predicted octanol–water partition coefficient (Wildman–Crippen LogP) is 5.59. The lowest BCUT2D eigenvalue weighted by Gasteiger charge is -2.40. The number of halogens is 3. The Hall–Kier alpha value is -2.75. The third-order valence-electron chi connectivity index (χ3n) is 9.01. The third-order valence-corrected chi connectivity index (χ3v) is 9.01. The minimum Gasteiger partial charge on any atom is -0.367 e. The molecule has 0 radical (unpaired) electrons. The van der Waals surface area contributed by atoms with E-state index in [0.29, 0.717) is 35.9 Å². The number of nitrogens with zero attached hydrogens (tertiary/aromatic N) is 6. The molecule has 1 saturated heterocycles. The van der Waals surface area contributed by atoms with Gasteiger partial charge in [0, 0.05) is 30.3 Å². The van der Waals surface area contributed by atoms with E-state index in [2.05, 4.69) is 16.2 Å².